The summed E-state index contributed by atoms with van der Waals surface area (Å²) in [5, 5.41) is 11.7. The summed E-state index contributed by atoms with van der Waals surface area (Å²) in [4.78, 5) is 26.3. The molecule has 7 nitrogen and oxygen atoms in total. The molecule has 1 fully saturated rings. The van der Waals surface area contributed by atoms with Crippen LogP contribution in [-0.2, 0) is 32.7 Å². The van der Waals surface area contributed by atoms with Crippen LogP contribution in [0.3, 0.4) is 0 Å². The maximum absolute atomic E-state index is 13.4. The fourth-order valence-corrected chi connectivity index (χ4v) is 7.41. The SMILES string of the molecule is COC(=O)[C@]1(C)CCC[C@]2(C)c3ccc(C(C)C)c(NC(=O)Cn4cc(-c5ccc(Br)cc5)nn4)c3CC[C@@H]12. The molecular formula is C31H37BrN4O3. The van der Waals surface area contributed by atoms with Crippen molar-refractivity contribution in [2.75, 3.05) is 12.4 Å². The van der Waals surface area contributed by atoms with Crippen molar-refractivity contribution in [2.24, 2.45) is 11.3 Å². The lowest BCUT2D eigenvalue weighted by molar-refractivity contribution is -0.161. The third-order valence-corrected chi connectivity index (χ3v) is 9.62. The topological polar surface area (TPSA) is 86.1 Å². The summed E-state index contributed by atoms with van der Waals surface area (Å²) < 4.78 is 7.86. The first-order chi connectivity index (χ1) is 18.6. The molecule has 1 N–H and O–H groups in total. The van der Waals surface area contributed by atoms with Crippen molar-refractivity contribution in [1.82, 2.24) is 15.0 Å². The van der Waals surface area contributed by atoms with Crippen LogP contribution in [0.5, 0.6) is 0 Å². The molecule has 1 amide bonds. The number of halogens is 1. The van der Waals surface area contributed by atoms with Gasteiger partial charge in [0, 0.05) is 15.7 Å². The molecule has 2 aliphatic carbocycles. The normalized spacial score (nSPS) is 24.1. The number of hydrogen-bond acceptors (Lipinski definition) is 5. The standard InChI is InChI=1S/C31H37BrN4O3/c1-19(2)22-11-13-24-23(12-14-26-30(24,3)15-6-16-31(26,4)29(38)39-5)28(22)33-27(37)18-36-17-25(34-35-36)20-7-9-21(32)10-8-20/h7-11,13,17,19,26H,6,12,14-16,18H2,1-5H3,(H,33,37)/t26-,30-,31-/m1/s1. The number of nitrogens with one attached hydrogen (secondary N) is 1. The zero-order valence-electron chi connectivity index (χ0n) is 23.4. The van der Waals surface area contributed by atoms with E-state index in [1.54, 1.807) is 10.9 Å². The van der Waals surface area contributed by atoms with Gasteiger partial charge in [0.05, 0.1) is 18.7 Å². The fourth-order valence-electron chi connectivity index (χ4n) is 7.14. The smallest absolute Gasteiger partial charge is 0.311 e. The molecule has 1 heterocycles. The summed E-state index contributed by atoms with van der Waals surface area (Å²) in [6.07, 6.45) is 6.34. The predicted molar refractivity (Wildman–Crippen MR) is 155 cm³/mol. The van der Waals surface area contributed by atoms with Crippen LogP contribution in [0.15, 0.2) is 47.1 Å². The largest absolute Gasteiger partial charge is 0.469 e. The minimum atomic E-state index is -0.501. The first-order valence-corrected chi connectivity index (χ1v) is 14.6. The number of carbonyl (C=O) groups is 2. The highest BCUT2D eigenvalue weighted by Gasteiger charge is 2.56. The monoisotopic (exact) mass is 592 g/mol. The Balaban J connectivity index is 1.44. The first-order valence-electron chi connectivity index (χ1n) is 13.8. The minimum Gasteiger partial charge on any atom is -0.469 e. The number of fused-ring (bicyclic) bond motifs is 3. The van der Waals surface area contributed by atoms with Crippen LogP contribution in [-0.4, -0.2) is 34.0 Å². The van der Waals surface area contributed by atoms with Gasteiger partial charge in [-0.3, -0.25) is 9.59 Å². The summed E-state index contributed by atoms with van der Waals surface area (Å²) in [5.41, 5.74) is 5.52. The zero-order valence-corrected chi connectivity index (χ0v) is 25.0. The van der Waals surface area contributed by atoms with Gasteiger partial charge in [0.25, 0.3) is 0 Å². The number of aromatic nitrogens is 3. The first kappa shape index (κ1) is 27.6. The molecule has 2 aromatic carbocycles. The molecule has 0 unspecified atom stereocenters. The fraction of sp³-hybridized carbons (Fsp3) is 0.484. The van der Waals surface area contributed by atoms with Gasteiger partial charge in [0.1, 0.15) is 12.2 Å². The lowest BCUT2D eigenvalue weighted by Crippen LogP contribution is -2.52. The van der Waals surface area contributed by atoms with E-state index in [2.05, 4.69) is 71.4 Å². The van der Waals surface area contributed by atoms with Crippen molar-refractivity contribution in [3.63, 3.8) is 0 Å². The van der Waals surface area contributed by atoms with Gasteiger partial charge in [-0.2, -0.15) is 0 Å². The van der Waals surface area contributed by atoms with Gasteiger partial charge in [-0.05, 0) is 78.7 Å². The highest BCUT2D eigenvalue weighted by atomic mass is 79.9. The number of methoxy groups -OCH3 is 1. The van der Waals surface area contributed by atoms with E-state index in [4.69, 9.17) is 4.74 Å². The van der Waals surface area contributed by atoms with Crippen molar-refractivity contribution in [3.8, 4) is 11.3 Å². The molecule has 0 saturated heterocycles. The van der Waals surface area contributed by atoms with E-state index in [0.717, 1.165) is 59.1 Å². The third kappa shape index (κ3) is 4.92. The van der Waals surface area contributed by atoms with E-state index in [1.165, 1.54) is 18.2 Å². The number of nitrogens with zero attached hydrogens (tertiary/aromatic N) is 3. The van der Waals surface area contributed by atoms with Crippen molar-refractivity contribution in [3.05, 3.63) is 63.8 Å². The number of anilines is 1. The summed E-state index contributed by atoms with van der Waals surface area (Å²) in [7, 11) is 1.50. The van der Waals surface area contributed by atoms with Gasteiger partial charge in [0.2, 0.25) is 5.91 Å². The average molecular weight is 594 g/mol. The number of hydrogen-bond donors (Lipinski definition) is 1. The Labute approximate surface area is 238 Å². The van der Waals surface area contributed by atoms with E-state index in [0.29, 0.717) is 0 Å². The van der Waals surface area contributed by atoms with Crippen LogP contribution >= 0.6 is 15.9 Å². The molecular weight excluding hydrogens is 556 g/mol. The number of esters is 1. The van der Waals surface area contributed by atoms with Crippen LogP contribution in [0.1, 0.15) is 76.0 Å². The van der Waals surface area contributed by atoms with Crippen molar-refractivity contribution in [2.45, 2.75) is 77.7 Å². The minimum absolute atomic E-state index is 0.0744. The Hall–Kier alpha value is -3.00. The maximum Gasteiger partial charge on any atom is 0.311 e. The average Bonchev–Trinajstić information content (AvgIpc) is 3.36. The predicted octanol–water partition coefficient (Wildman–Crippen LogP) is 6.65. The third-order valence-electron chi connectivity index (χ3n) is 9.10. The number of carbonyl (C=O) groups excluding carboxylic acids is 2. The lowest BCUT2D eigenvalue weighted by atomic mass is 9.49. The van der Waals surface area contributed by atoms with Crippen LogP contribution in [0.2, 0.25) is 0 Å². The van der Waals surface area contributed by atoms with E-state index < -0.39 is 5.41 Å². The molecule has 1 aromatic heterocycles. The van der Waals surface area contributed by atoms with E-state index in [1.807, 2.05) is 24.3 Å². The molecule has 3 aromatic rings. The second-order valence-corrected chi connectivity index (χ2v) is 12.8. The van der Waals surface area contributed by atoms with Gasteiger partial charge in [-0.1, -0.05) is 72.6 Å². The van der Waals surface area contributed by atoms with E-state index in [9.17, 15) is 9.59 Å². The Bertz CT molecular complexity index is 1400. The van der Waals surface area contributed by atoms with Gasteiger partial charge >= 0.3 is 5.97 Å². The highest BCUT2D eigenvalue weighted by Crippen LogP contribution is 2.58. The van der Waals surface area contributed by atoms with Gasteiger partial charge < -0.3 is 10.1 Å². The van der Waals surface area contributed by atoms with Crippen molar-refractivity contribution in [1.29, 1.82) is 0 Å². The number of rotatable bonds is 6. The van der Waals surface area contributed by atoms with Crippen LogP contribution < -0.4 is 5.32 Å². The zero-order chi connectivity index (χ0) is 27.9. The Morgan fingerprint density at radius 3 is 2.59 bits per heavy atom. The number of benzene rings is 2. The molecule has 3 atom stereocenters. The number of ether oxygens (including phenoxy) is 1. The van der Waals surface area contributed by atoms with Crippen LogP contribution in [0, 0.1) is 11.3 Å². The van der Waals surface area contributed by atoms with Gasteiger partial charge in [-0.15, -0.1) is 5.10 Å². The number of amides is 1. The second kappa shape index (κ2) is 10.5. The van der Waals surface area contributed by atoms with Crippen LogP contribution in [0.25, 0.3) is 11.3 Å². The summed E-state index contributed by atoms with van der Waals surface area (Å²) in [5.74, 6) is 0.204. The Morgan fingerprint density at radius 1 is 1.15 bits per heavy atom. The molecule has 206 valence electrons. The Morgan fingerprint density at radius 2 is 1.90 bits per heavy atom. The lowest BCUT2D eigenvalue weighted by Gasteiger charge is -2.54. The van der Waals surface area contributed by atoms with Gasteiger partial charge in [0.15, 0.2) is 0 Å². The molecule has 1 saturated carbocycles. The molecule has 2 aliphatic rings. The summed E-state index contributed by atoms with van der Waals surface area (Å²) >= 11 is 3.45. The van der Waals surface area contributed by atoms with E-state index >= 15 is 0 Å². The van der Waals surface area contributed by atoms with Gasteiger partial charge in [-0.25, -0.2) is 4.68 Å². The molecule has 0 spiro atoms. The van der Waals surface area contributed by atoms with E-state index in [-0.39, 0.29) is 35.7 Å². The molecule has 8 heteroatoms. The Kier molecular flexibility index (Phi) is 7.44. The summed E-state index contributed by atoms with van der Waals surface area (Å²) in [6.45, 7) is 8.77. The molecule has 5 rings (SSSR count). The summed E-state index contributed by atoms with van der Waals surface area (Å²) in [6, 6.07) is 12.3. The van der Waals surface area contributed by atoms with Crippen molar-refractivity contribution < 1.29 is 14.3 Å². The second-order valence-electron chi connectivity index (χ2n) is 11.8. The highest BCUT2D eigenvalue weighted by molar-refractivity contribution is 9.10. The van der Waals surface area contributed by atoms with Crippen LogP contribution in [0.4, 0.5) is 5.69 Å². The molecule has 39 heavy (non-hydrogen) atoms. The molecule has 0 bridgehead atoms. The quantitative estimate of drug-likeness (QED) is 0.324. The molecule has 0 radical (unpaired) electrons. The van der Waals surface area contributed by atoms with Crippen molar-refractivity contribution >= 4 is 33.5 Å². The molecule has 0 aliphatic heterocycles. The maximum atomic E-state index is 13.4.